The Bertz CT molecular complexity index is 443. The van der Waals surface area contributed by atoms with Crippen LogP contribution < -0.4 is 0 Å². The molecule has 0 saturated heterocycles. The first-order chi connectivity index (χ1) is 6.42. The lowest BCUT2D eigenvalue weighted by Crippen LogP contribution is -1.82. The molecule has 0 aliphatic rings. The van der Waals surface area contributed by atoms with Crippen molar-refractivity contribution in [3.05, 3.63) is 30.2 Å². The van der Waals surface area contributed by atoms with Crippen LogP contribution in [0, 0.1) is 11.3 Å². The molecule has 13 heavy (non-hydrogen) atoms. The standard InChI is InChI=1S/C8H4N4S/c9-4-7-8(12-13-11-7)6-2-1-3-10-5-6/h1-3,5H. The Hall–Kier alpha value is -1.80. The van der Waals surface area contributed by atoms with Gasteiger partial charge in [-0.3, -0.25) is 4.98 Å². The van der Waals surface area contributed by atoms with E-state index in [0.717, 1.165) is 17.3 Å². The second-order valence-electron chi connectivity index (χ2n) is 2.31. The van der Waals surface area contributed by atoms with Gasteiger partial charge in [0.05, 0.1) is 11.7 Å². The van der Waals surface area contributed by atoms with E-state index in [4.69, 9.17) is 5.26 Å². The molecule has 0 aliphatic carbocycles. The summed E-state index contributed by atoms with van der Waals surface area (Å²) in [6.45, 7) is 0. The largest absolute Gasteiger partial charge is 0.264 e. The molecule has 2 rings (SSSR count). The summed E-state index contributed by atoms with van der Waals surface area (Å²) in [5.74, 6) is 0. The minimum absolute atomic E-state index is 0.359. The van der Waals surface area contributed by atoms with Crippen molar-refractivity contribution in [3.63, 3.8) is 0 Å². The second-order valence-corrected chi connectivity index (χ2v) is 2.84. The smallest absolute Gasteiger partial charge is 0.182 e. The molecule has 2 aromatic heterocycles. The SMILES string of the molecule is N#Cc1nsnc1-c1cccnc1. The number of nitrogens with zero attached hydrogens (tertiary/aromatic N) is 4. The third kappa shape index (κ3) is 1.39. The van der Waals surface area contributed by atoms with Crippen LogP contribution in [-0.2, 0) is 0 Å². The third-order valence-electron chi connectivity index (χ3n) is 1.53. The van der Waals surface area contributed by atoms with Crippen molar-refractivity contribution < 1.29 is 0 Å². The predicted octanol–water partition coefficient (Wildman–Crippen LogP) is 1.47. The fourth-order valence-corrected chi connectivity index (χ4v) is 1.48. The Balaban J connectivity index is 2.54. The number of rotatable bonds is 1. The van der Waals surface area contributed by atoms with E-state index in [0.29, 0.717) is 11.4 Å². The molecule has 0 aliphatic heterocycles. The Labute approximate surface area is 78.8 Å². The molecule has 0 fully saturated rings. The minimum Gasteiger partial charge on any atom is -0.264 e. The lowest BCUT2D eigenvalue weighted by Gasteiger charge is -1.92. The van der Waals surface area contributed by atoms with Crippen molar-refractivity contribution in [2.24, 2.45) is 0 Å². The molecule has 4 nitrogen and oxygen atoms in total. The zero-order chi connectivity index (χ0) is 9.10. The lowest BCUT2D eigenvalue weighted by atomic mass is 10.2. The number of nitriles is 1. The Morgan fingerprint density at radius 2 is 2.31 bits per heavy atom. The monoisotopic (exact) mass is 188 g/mol. The minimum atomic E-state index is 0.359. The van der Waals surface area contributed by atoms with Crippen molar-refractivity contribution in [1.82, 2.24) is 13.7 Å². The van der Waals surface area contributed by atoms with Gasteiger partial charge in [-0.05, 0) is 12.1 Å². The molecule has 0 radical (unpaired) electrons. The molecule has 0 N–H and O–H groups in total. The summed E-state index contributed by atoms with van der Waals surface area (Å²) >= 11 is 1.04. The first kappa shape index (κ1) is 7.83. The van der Waals surface area contributed by atoms with Gasteiger partial charge in [0.2, 0.25) is 0 Å². The summed E-state index contributed by atoms with van der Waals surface area (Å²) in [4.78, 5) is 3.94. The highest BCUT2D eigenvalue weighted by molar-refractivity contribution is 6.99. The molecule has 0 saturated carbocycles. The van der Waals surface area contributed by atoms with Crippen LogP contribution in [0.1, 0.15) is 5.69 Å². The fraction of sp³-hybridized carbons (Fsp3) is 0. The van der Waals surface area contributed by atoms with E-state index in [9.17, 15) is 0 Å². The average Bonchev–Trinajstić information content (AvgIpc) is 2.67. The first-order valence-electron chi connectivity index (χ1n) is 3.55. The van der Waals surface area contributed by atoms with Gasteiger partial charge in [0, 0.05) is 18.0 Å². The summed E-state index contributed by atoms with van der Waals surface area (Å²) < 4.78 is 7.88. The highest BCUT2D eigenvalue weighted by Crippen LogP contribution is 2.19. The molecular weight excluding hydrogens is 184 g/mol. The van der Waals surface area contributed by atoms with Gasteiger partial charge >= 0.3 is 0 Å². The van der Waals surface area contributed by atoms with Crippen LogP contribution in [0.2, 0.25) is 0 Å². The van der Waals surface area contributed by atoms with Crippen molar-refractivity contribution in [1.29, 1.82) is 5.26 Å². The molecule has 0 amide bonds. The molecule has 0 bridgehead atoms. The third-order valence-corrected chi connectivity index (χ3v) is 2.06. The summed E-state index contributed by atoms with van der Waals surface area (Å²) in [6.07, 6.45) is 3.34. The number of pyridine rings is 1. The molecule has 0 spiro atoms. The van der Waals surface area contributed by atoms with E-state index in [2.05, 4.69) is 13.7 Å². The van der Waals surface area contributed by atoms with Crippen LogP contribution in [-0.4, -0.2) is 13.7 Å². The molecule has 62 valence electrons. The van der Waals surface area contributed by atoms with Crippen LogP contribution in [0.25, 0.3) is 11.3 Å². The van der Waals surface area contributed by atoms with Gasteiger partial charge in [-0.25, -0.2) is 0 Å². The molecular formula is C8H4N4S. The van der Waals surface area contributed by atoms with E-state index < -0.39 is 0 Å². The van der Waals surface area contributed by atoms with Crippen LogP contribution in [0.15, 0.2) is 24.5 Å². The maximum atomic E-state index is 8.70. The lowest BCUT2D eigenvalue weighted by molar-refractivity contribution is 1.31. The first-order valence-corrected chi connectivity index (χ1v) is 4.28. The number of hydrogen-bond acceptors (Lipinski definition) is 5. The maximum Gasteiger partial charge on any atom is 0.182 e. The molecule has 0 aromatic carbocycles. The molecule has 5 heteroatoms. The van der Waals surface area contributed by atoms with Gasteiger partial charge in [0.25, 0.3) is 0 Å². The maximum absolute atomic E-state index is 8.70. The zero-order valence-electron chi connectivity index (χ0n) is 6.51. The van der Waals surface area contributed by atoms with Gasteiger partial charge in [-0.15, -0.1) is 0 Å². The van der Waals surface area contributed by atoms with Crippen LogP contribution in [0.4, 0.5) is 0 Å². The molecule has 0 unspecified atom stereocenters. The molecule has 2 aromatic rings. The Kier molecular flexibility index (Phi) is 1.98. The Morgan fingerprint density at radius 1 is 1.38 bits per heavy atom. The normalized spacial score (nSPS) is 9.46. The van der Waals surface area contributed by atoms with Crippen molar-refractivity contribution in [2.75, 3.05) is 0 Å². The number of aromatic nitrogens is 3. The fourth-order valence-electron chi connectivity index (χ4n) is 0.954. The van der Waals surface area contributed by atoms with Gasteiger partial charge < -0.3 is 0 Å². The molecule has 0 atom stereocenters. The highest BCUT2D eigenvalue weighted by atomic mass is 32.1. The summed E-state index contributed by atoms with van der Waals surface area (Å²) in [5.41, 5.74) is 1.80. The van der Waals surface area contributed by atoms with Gasteiger partial charge in [0.15, 0.2) is 5.69 Å². The van der Waals surface area contributed by atoms with E-state index in [1.807, 2.05) is 12.1 Å². The van der Waals surface area contributed by atoms with Crippen LogP contribution >= 0.6 is 11.7 Å². The van der Waals surface area contributed by atoms with Gasteiger partial charge in [0.1, 0.15) is 11.8 Å². The van der Waals surface area contributed by atoms with E-state index in [-0.39, 0.29) is 0 Å². The average molecular weight is 188 g/mol. The van der Waals surface area contributed by atoms with Gasteiger partial charge in [-0.1, -0.05) is 0 Å². The topological polar surface area (TPSA) is 62.5 Å². The summed E-state index contributed by atoms with van der Waals surface area (Å²) in [5, 5.41) is 8.70. The summed E-state index contributed by atoms with van der Waals surface area (Å²) in [7, 11) is 0. The van der Waals surface area contributed by atoms with E-state index in [1.54, 1.807) is 18.5 Å². The molecule has 2 heterocycles. The van der Waals surface area contributed by atoms with Crippen LogP contribution in [0.5, 0.6) is 0 Å². The van der Waals surface area contributed by atoms with Crippen LogP contribution in [0.3, 0.4) is 0 Å². The van der Waals surface area contributed by atoms with Gasteiger partial charge in [-0.2, -0.15) is 14.0 Å². The van der Waals surface area contributed by atoms with E-state index in [1.165, 1.54) is 0 Å². The summed E-state index contributed by atoms with van der Waals surface area (Å²) in [6, 6.07) is 5.64. The zero-order valence-corrected chi connectivity index (χ0v) is 7.32. The predicted molar refractivity (Wildman–Crippen MR) is 47.9 cm³/mol. The second kappa shape index (κ2) is 3.29. The number of hydrogen-bond donors (Lipinski definition) is 0. The van der Waals surface area contributed by atoms with Crippen molar-refractivity contribution in [2.45, 2.75) is 0 Å². The van der Waals surface area contributed by atoms with Crippen molar-refractivity contribution in [3.8, 4) is 17.3 Å². The van der Waals surface area contributed by atoms with E-state index >= 15 is 0 Å². The highest BCUT2D eigenvalue weighted by Gasteiger charge is 2.08. The van der Waals surface area contributed by atoms with Crippen molar-refractivity contribution >= 4 is 11.7 Å². The Morgan fingerprint density at radius 3 is 3.00 bits per heavy atom. The quantitative estimate of drug-likeness (QED) is 0.679.